The van der Waals surface area contributed by atoms with Gasteiger partial charge in [0.1, 0.15) is 0 Å². The number of carbonyl (C=O) groups is 1. The summed E-state index contributed by atoms with van der Waals surface area (Å²) in [5, 5.41) is 0. The van der Waals surface area contributed by atoms with Crippen LogP contribution in [0.3, 0.4) is 0 Å². The Morgan fingerprint density at radius 1 is 1.00 bits per heavy atom. The van der Waals surface area contributed by atoms with Crippen molar-refractivity contribution < 1.29 is 13.2 Å². The normalized spacial score (nSPS) is 25.6. The van der Waals surface area contributed by atoms with Crippen LogP contribution in [0.4, 0.5) is 5.69 Å². The van der Waals surface area contributed by atoms with Gasteiger partial charge >= 0.3 is 0 Å². The quantitative estimate of drug-likeness (QED) is 0.802. The fourth-order valence-corrected chi connectivity index (χ4v) is 6.42. The van der Waals surface area contributed by atoms with E-state index in [-0.39, 0.29) is 27.7 Å². The lowest BCUT2D eigenvalue weighted by molar-refractivity contribution is 0.0708. The molecule has 1 N–H and O–H groups in total. The predicted molar refractivity (Wildman–Crippen MR) is 114 cm³/mol. The van der Waals surface area contributed by atoms with Gasteiger partial charge in [0, 0.05) is 23.8 Å². The Bertz CT molecular complexity index is 1020. The third-order valence-electron chi connectivity index (χ3n) is 6.11. The number of benzene rings is 2. The van der Waals surface area contributed by atoms with E-state index in [1.54, 1.807) is 36.4 Å². The molecule has 0 spiro atoms. The fourth-order valence-electron chi connectivity index (χ4n) is 5.36. The minimum atomic E-state index is -3.69. The SMILES string of the molecule is CC1(C)C[C@@H]2C[C@@](C)(CN2C(=O)c2ccc(S(=O)(=O)Nc3ccccc3)cc2)C1. The summed E-state index contributed by atoms with van der Waals surface area (Å²) in [7, 11) is -3.69. The molecule has 0 radical (unpaired) electrons. The van der Waals surface area contributed by atoms with Gasteiger partial charge in [0.25, 0.3) is 15.9 Å². The molecule has 0 unspecified atom stereocenters. The first-order chi connectivity index (χ1) is 13.6. The number of fused-ring (bicyclic) bond motifs is 2. The molecule has 0 aromatic heterocycles. The number of carbonyl (C=O) groups excluding carboxylic acids is 1. The van der Waals surface area contributed by atoms with Crippen molar-refractivity contribution >= 4 is 21.6 Å². The molecule has 29 heavy (non-hydrogen) atoms. The van der Waals surface area contributed by atoms with Gasteiger partial charge in [0.2, 0.25) is 0 Å². The summed E-state index contributed by atoms with van der Waals surface area (Å²) in [5.41, 5.74) is 1.46. The molecule has 154 valence electrons. The van der Waals surface area contributed by atoms with Crippen LogP contribution in [0.2, 0.25) is 0 Å². The second-order valence-electron chi connectivity index (χ2n) is 9.64. The summed E-state index contributed by atoms with van der Waals surface area (Å²) in [5.74, 6) is -0.00334. The molecular formula is C23H28N2O3S. The molecule has 2 atom stereocenters. The van der Waals surface area contributed by atoms with E-state index in [0.29, 0.717) is 11.3 Å². The minimum Gasteiger partial charge on any atom is -0.335 e. The van der Waals surface area contributed by atoms with Gasteiger partial charge < -0.3 is 4.90 Å². The second kappa shape index (κ2) is 6.87. The smallest absolute Gasteiger partial charge is 0.261 e. The molecule has 2 fully saturated rings. The van der Waals surface area contributed by atoms with Crippen LogP contribution < -0.4 is 4.72 Å². The summed E-state index contributed by atoms with van der Waals surface area (Å²) >= 11 is 0. The number of rotatable bonds is 4. The van der Waals surface area contributed by atoms with E-state index in [1.807, 2.05) is 11.0 Å². The monoisotopic (exact) mass is 412 g/mol. The predicted octanol–water partition coefficient (Wildman–Crippen LogP) is 4.53. The van der Waals surface area contributed by atoms with Crippen molar-refractivity contribution in [3.05, 3.63) is 60.2 Å². The molecule has 4 rings (SSSR count). The fraction of sp³-hybridized carbons (Fsp3) is 0.435. The Balaban J connectivity index is 1.52. The lowest BCUT2D eigenvalue weighted by atomic mass is 9.65. The summed E-state index contributed by atoms with van der Waals surface area (Å²) in [6.45, 7) is 7.62. The Morgan fingerprint density at radius 3 is 2.31 bits per heavy atom. The van der Waals surface area contributed by atoms with E-state index >= 15 is 0 Å². The molecule has 5 nitrogen and oxygen atoms in total. The average Bonchev–Trinajstić information content (AvgIpc) is 2.90. The van der Waals surface area contributed by atoms with Gasteiger partial charge in [-0.25, -0.2) is 8.42 Å². The number of likely N-dealkylation sites (tertiary alicyclic amines) is 1. The number of para-hydroxylation sites is 1. The largest absolute Gasteiger partial charge is 0.335 e. The summed E-state index contributed by atoms with van der Waals surface area (Å²) in [6.07, 6.45) is 3.19. The number of sulfonamides is 1. The molecular weight excluding hydrogens is 384 g/mol. The molecule has 2 aliphatic rings. The van der Waals surface area contributed by atoms with Crippen molar-refractivity contribution in [3.63, 3.8) is 0 Å². The average molecular weight is 413 g/mol. The van der Waals surface area contributed by atoms with E-state index in [4.69, 9.17) is 0 Å². The Morgan fingerprint density at radius 2 is 1.66 bits per heavy atom. The lowest BCUT2D eigenvalue weighted by Gasteiger charge is -2.39. The summed E-state index contributed by atoms with van der Waals surface area (Å²) in [6, 6.07) is 15.3. The molecule has 1 amide bonds. The zero-order chi connectivity index (χ0) is 20.9. The molecule has 6 heteroatoms. The first kappa shape index (κ1) is 20.0. The van der Waals surface area contributed by atoms with Crippen molar-refractivity contribution in [3.8, 4) is 0 Å². The van der Waals surface area contributed by atoms with E-state index in [9.17, 15) is 13.2 Å². The van der Waals surface area contributed by atoms with E-state index in [2.05, 4.69) is 25.5 Å². The Labute approximate surface area is 173 Å². The molecule has 1 heterocycles. The number of anilines is 1. The van der Waals surface area contributed by atoms with Crippen LogP contribution in [0.5, 0.6) is 0 Å². The highest BCUT2D eigenvalue weighted by molar-refractivity contribution is 7.92. The van der Waals surface area contributed by atoms with Crippen molar-refractivity contribution in [2.75, 3.05) is 11.3 Å². The number of amides is 1. The van der Waals surface area contributed by atoms with Crippen LogP contribution in [-0.2, 0) is 10.0 Å². The maximum atomic E-state index is 13.2. The van der Waals surface area contributed by atoms with Gasteiger partial charge in [-0.1, -0.05) is 39.0 Å². The maximum absolute atomic E-state index is 13.2. The van der Waals surface area contributed by atoms with Gasteiger partial charge in [-0.15, -0.1) is 0 Å². The van der Waals surface area contributed by atoms with Crippen LogP contribution in [0.15, 0.2) is 59.5 Å². The molecule has 2 aromatic carbocycles. The Hall–Kier alpha value is -2.34. The minimum absolute atomic E-state index is 0.00334. The number of hydrogen-bond acceptors (Lipinski definition) is 3. The van der Waals surface area contributed by atoms with Gasteiger partial charge in [0.15, 0.2) is 0 Å². The van der Waals surface area contributed by atoms with Crippen LogP contribution >= 0.6 is 0 Å². The summed E-state index contributed by atoms with van der Waals surface area (Å²) < 4.78 is 27.8. The highest BCUT2D eigenvalue weighted by Crippen LogP contribution is 2.52. The zero-order valence-electron chi connectivity index (χ0n) is 17.2. The Kier molecular flexibility index (Phi) is 4.73. The maximum Gasteiger partial charge on any atom is 0.261 e. The molecule has 2 bridgehead atoms. The van der Waals surface area contributed by atoms with Gasteiger partial charge in [-0.05, 0) is 66.5 Å². The highest BCUT2D eigenvalue weighted by atomic mass is 32.2. The first-order valence-electron chi connectivity index (χ1n) is 10.1. The van der Waals surface area contributed by atoms with Crippen LogP contribution in [-0.4, -0.2) is 31.8 Å². The number of hydrogen-bond donors (Lipinski definition) is 1. The lowest BCUT2D eigenvalue weighted by Crippen LogP contribution is -2.37. The number of nitrogens with zero attached hydrogens (tertiary/aromatic N) is 1. The topological polar surface area (TPSA) is 66.5 Å². The number of nitrogens with one attached hydrogen (secondary N) is 1. The van der Waals surface area contributed by atoms with Crippen molar-refractivity contribution in [2.45, 2.75) is 51.0 Å². The third kappa shape index (κ3) is 4.04. The second-order valence-corrected chi connectivity index (χ2v) is 11.3. The van der Waals surface area contributed by atoms with Crippen molar-refractivity contribution in [1.29, 1.82) is 0 Å². The third-order valence-corrected chi connectivity index (χ3v) is 7.51. The van der Waals surface area contributed by atoms with Gasteiger partial charge in [-0.3, -0.25) is 9.52 Å². The van der Waals surface area contributed by atoms with Crippen LogP contribution in [0, 0.1) is 10.8 Å². The molecule has 1 aliphatic heterocycles. The zero-order valence-corrected chi connectivity index (χ0v) is 18.0. The van der Waals surface area contributed by atoms with Gasteiger partial charge in [-0.2, -0.15) is 0 Å². The van der Waals surface area contributed by atoms with Crippen molar-refractivity contribution in [2.24, 2.45) is 10.8 Å². The molecule has 1 saturated carbocycles. The van der Waals surface area contributed by atoms with E-state index in [0.717, 1.165) is 25.8 Å². The van der Waals surface area contributed by atoms with E-state index < -0.39 is 10.0 Å². The molecule has 2 aromatic rings. The standard InChI is InChI=1S/C23H28N2O3S/c1-22(2)13-19-14-23(3,15-22)16-25(19)21(26)17-9-11-20(12-10-17)29(27,28)24-18-7-5-4-6-8-18/h4-12,19,24H,13-16H2,1-3H3/t19-,23-/m1/s1. The molecule has 1 saturated heterocycles. The van der Waals surface area contributed by atoms with Gasteiger partial charge in [0.05, 0.1) is 4.90 Å². The molecule has 1 aliphatic carbocycles. The van der Waals surface area contributed by atoms with Crippen LogP contribution in [0.1, 0.15) is 50.4 Å². The summed E-state index contributed by atoms with van der Waals surface area (Å²) in [4.78, 5) is 15.3. The first-order valence-corrected chi connectivity index (χ1v) is 11.5. The van der Waals surface area contributed by atoms with E-state index in [1.165, 1.54) is 12.1 Å². The highest BCUT2D eigenvalue weighted by Gasteiger charge is 2.51. The van der Waals surface area contributed by atoms with Crippen molar-refractivity contribution in [1.82, 2.24) is 4.90 Å². The van der Waals surface area contributed by atoms with Crippen LogP contribution in [0.25, 0.3) is 0 Å².